The summed E-state index contributed by atoms with van der Waals surface area (Å²) in [6, 6.07) is -1.94. The summed E-state index contributed by atoms with van der Waals surface area (Å²) in [7, 11) is 0. The zero-order valence-corrected chi connectivity index (χ0v) is 19.7. The first-order valence-corrected chi connectivity index (χ1v) is 10.7. The molecule has 16 N–H and O–H groups in total. The Labute approximate surface area is 207 Å². The Balaban J connectivity index is 0. The van der Waals surface area contributed by atoms with Gasteiger partial charge in [-0.15, -0.1) is 0 Å². The number of aromatic amines is 1. The number of carboxylic acids is 4. The molecule has 0 unspecified atom stereocenters. The lowest BCUT2D eigenvalue weighted by Crippen LogP contribution is -2.32. The highest BCUT2D eigenvalue weighted by atomic mass is 16.4. The van der Waals surface area contributed by atoms with E-state index in [-0.39, 0.29) is 25.0 Å². The minimum absolute atomic E-state index is 0.0129. The second kappa shape index (κ2) is 20.6. The van der Waals surface area contributed by atoms with Gasteiger partial charge < -0.3 is 59.4 Å². The molecule has 1 aromatic rings. The van der Waals surface area contributed by atoms with Gasteiger partial charge in [0.2, 0.25) is 0 Å². The number of rotatable bonds is 10. The standard InChI is InChI=1S/C6H14N4O2.C6H9N3O2.C5H9NO2.C2H5NO2/c7-4(5(11)12)2-1-3-10-6(8)9;7-5(6(10)11)1-4-2-8-3-9-4;7-5(8)4-2-1-3-6-4;3-1-2(4)5/h4H,1-3,7H2,(H,11,12)(H4,8,9,10);2-3,5H,1,7H2,(H,8,9)(H,10,11);4,6H,1-3H2,(H,7,8);1,3H2,(H,4,5)/t4-;5-;4-;/m000./s1. The van der Waals surface area contributed by atoms with Crippen LogP contribution in [-0.2, 0) is 25.6 Å². The van der Waals surface area contributed by atoms with Crippen LogP contribution in [0.2, 0.25) is 0 Å². The number of hydrogen-bond donors (Lipinski definition) is 11. The second-order valence-electron chi connectivity index (χ2n) is 7.20. The lowest BCUT2D eigenvalue weighted by molar-refractivity contribution is -0.139. The normalized spacial score (nSPS) is 15.2. The van der Waals surface area contributed by atoms with E-state index in [2.05, 4.69) is 26.0 Å². The van der Waals surface area contributed by atoms with Gasteiger partial charge in [-0.25, -0.2) is 4.98 Å². The fraction of sp³-hybridized carbons (Fsp3) is 0.579. The average Bonchev–Trinajstić information content (AvgIpc) is 3.52. The van der Waals surface area contributed by atoms with Crippen molar-refractivity contribution >= 4 is 29.8 Å². The van der Waals surface area contributed by atoms with Gasteiger partial charge in [-0.2, -0.15) is 0 Å². The lowest BCUT2D eigenvalue weighted by atomic mass is 10.2. The van der Waals surface area contributed by atoms with Crippen molar-refractivity contribution in [1.82, 2.24) is 15.3 Å². The van der Waals surface area contributed by atoms with Crippen molar-refractivity contribution in [1.29, 1.82) is 0 Å². The number of H-pyrrole nitrogens is 1. The molecule has 0 aliphatic carbocycles. The van der Waals surface area contributed by atoms with E-state index in [1.165, 1.54) is 6.33 Å². The Morgan fingerprint density at radius 2 is 1.67 bits per heavy atom. The minimum atomic E-state index is -1.00. The summed E-state index contributed by atoms with van der Waals surface area (Å²) in [6.45, 7) is 1.00. The Morgan fingerprint density at radius 1 is 1.08 bits per heavy atom. The van der Waals surface area contributed by atoms with Gasteiger partial charge in [0, 0.05) is 24.9 Å². The summed E-state index contributed by atoms with van der Waals surface area (Å²) in [5, 5.41) is 35.6. The summed E-state index contributed by atoms with van der Waals surface area (Å²) < 4.78 is 0. The largest absolute Gasteiger partial charge is 0.480 e. The maximum atomic E-state index is 10.3. The van der Waals surface area contributed by atoms with E-state index in [1.807, 2.05) is 0 Å². The van der Waals surface area contributed by atoms with Gasteiger partial charge in [0.1, 0.15) is 18.1 Å². The van der Waals surface area contributed by atoms with E-state index in [1.54, 1.807) is 6.20 Å². The van der Waals surface area contributed by atoms with Crippen LogP contribution in [0.15, 0.2) is 17.5 Å². The van der Waals surface area contributed by atoms with Gasteiger partial charge in [-0.05, 0) is 32.2 Å². The first kappa shape index (κ1) is 34.4. The monoisotopic (exact) mass is 519 g/mol. The SMILES string of the molecule is NC(N)=NCCC[C@H](N)C(=O)O.NCC(=O)O.N[C@@H](Cc1cnc[nH]1)C(=O)O.O=C(O)[C@@H]1CCCN1. The Morgan fingerprint density at radius 3 is 2.00 bits per heavy atom. The molecule has 2 heterocycles. The number of hydrogen-bond acceptors (Lipinski definition) is 10. The summed E-state index contributed by atoms with van der Waals surface area (Å²) in [5.74, 6) is -3.68. The van der Waals surface area contributed by atoms with Crippen molar-refractivity contribution in [2.75, 3.05) is 19.6 Å². The number of aliphatic carboxylic acids is 4. The second-order valence-corrected chi connectivity index (χ2v) is 7.20. The van der Waals surface area contributed by atoms with Crippen LogP contribution in [0.5, 0.6) is 0 Å². The molecule has 0 radical (unpaired) electrons. The number of aromatic nitrogens is 2. The smallest absolute Gasteiger partial charge is 0.320 e. The van der Waals surface area contributed by atoms with Crippen molar-refractivity contribution in [2.45, 2.75) is 50.2 Å². The fourth-order valence-corrected chi connectivity index (χ4v) is 2.26. The number of nitrogens with zero attached hydrogens (tertiary/aromatic N) is 2. The van der Waals surface area contributed by atoms with Crippen molar-refractivity contribution in [3.05, 3.63) is 18.2 Å². The number of guanidine groups is 1. The molecule has 0 bridgehead atoms. The molecule has 0 amide bonds. The maximum absolute atomic E-state index is 10.3. The molecule has 17 nitrogen and oxygen atoms in total. The number of imidazole rings is 1. The van der Waals surface area contributed by atoms with E-state index in [0.717, 1.165) is 25.1 Å². The minimum Gasteiger partial charge on any atom is -0.480 e. The summed E-state index contributed by atoms with van der Waals surface area (Å²) in [5.41, 5.74) is 25.9. The molecular weight excluding hydrogens is 482 g/mol. The van der Waals surface area contributed by atoms with E-state index >= 15 is 0 Å². The predicted molar refractivity (Wildman–Crippen MR) is 129 cm³/mol. The first-order chi connectivity index (χ1) is 16.8. The molecule has 206 valence electrons. The Kier molecular flexibility index (Phi) is 19.6. The molecule has 0 saturated carbocycles. The highest BCUT2D eigenvalue weighted by Crippen LogP contribution is 2.03. The number of nitrogens with two attached hydrogens (primary N) is 5. The van der Waals surface area contributed by atoms with E-state index in [9.17, 15) is 19.2 Å². The van der Waals surface area contributed by atoms with Crippen LogP contribution in [0.3, 0.4) is 0 Å². The molecule has 1 aliphatic heterocycles. The number of carboxylic acid groups (broad SMARTS) is 4. The van der Waals surface area contributed by atoms with Gasteiger partial charge in [-0.1, -0.05) is 0 Å². The average molecular weight is 520 g/mol. The molecule has 17 heteroatoms. The van der Waals surface area contributed by atoms with Crippen molar-refractivity contribution < 1.29 is 39.6 Å². The van der Waals surface area contributed by atoms with Gasteiger partial charge in [0.25, 0.3) is 0 Å². The molecule has 0 spiro atoms. The van der Waals surface area contributed by atoms with Crippen LogP contribution in [0.4, 0.5) is 0 Å². The molecule has 36 heavy (non-hydrogen) atoms. The van der Waals surface area contributed by atoms with Crippen LogP contribution < -0.4 is 34.0 Å². The first-order valence-electron chi connectivity index (χ1n) is 10.7. The quantitative estimate of drug-likeness (QED) is 0.0817. The van der Waals surface area contributed by atoms with Crippen molar-refractivity contribution in [3.63, 3.8) is 0 Å². The van der Waals surface area contributed by atoms with Crippen molar-refractivity contribution in [2.24, 2.45) is 33.7 Å². The van der Waals surface area contributed by atoms with E-state index in [4.69, 9.17) is 43.4 Å². The highest BCUT2D eigenvalue weighted by Gasteiger charge is 2.20. The van der Waals surface area contributed by atoms with Gasteiger partial charge in [-0.3, -0.25) is 24.2 Å². The zero-order chi connectivity index (χ0) is 28.1. The molecule has 1 fully saturated rings. The Bertz CT molecular complexity index is 795. The third-order valence-electron chi connectivity index (χ3n) is 4.13. The van der Waals surface area contributed by atoms with Crippen LogP contribution in [-0.4, -0.2) is 98.0 Å². The zero-order valence-electron chi connectivity index (χ0n) is 19.7. The molecule has 1 aromatic heterocycles. The fourth-order valence-electron chi connectivity index (χ4n) is 2.26. The number of aliphatic imine (C=N–C) groups is 1. The van der Waals surface area contributed by atoms with Crippen LogP contribution >= 0.6 is 0 Å². The summed E-state index contributed by atoms with van der Waals surface area (Å²) >= 11 is 0. The predicted octanol–water partition coefficient (Wildman–Crippen LogP) is -3.33. The van der Waals surface area contributed by atoms with Gasteiger partial charge >= 0.3 is 23.9 Å². The summed E-state index contributed by atoms with van der Waals surface area (Å²) in [6.07, 6.45) is 6.08. The third kappa shape index (κ3) is 20.8. The van der Waals surface area contributed by atoms with Crippen LogP contribution in [0, 0.1) is 0 Å². The number of nitrogens with one attached hydrogen (secondary N) is 2. The lowest BCUT2D eigenvalue weighted by Gasteiger charge is -2.03. The topological polar surface area (TPSA) is 332 Å². The van der Waals surface area contributed by atoms with Crippen molar-refractivity contribution in [3.8, 4) is 0 Å². The van der Waals surface area contributed by atoms with Crippen LogP contribution in [0.1, 0.15) is 31.4 Å². The molecule has 2 rings (SSSR count). The highest BCUT2D eigenvalue weighted by molar-refractivity contribution is 5.75. The van der Waals surface area contributed by atoms with E-state index < -0.39 is 36.0 Å². The van der Waals surface area contributed by atoms with Gasteiger partial charge in [0.05, 0.1) is 12.9 Å². The molecule has 1 saturated heterocycles. The number of carbonyl (C=O) groups is 4. The molecule has 3 atom stereocenters. The molecule has 0 aromatic carbocycles. The van der Waals surface area contributed by atoms with Gasteiger partial charge in [0.15, 0.2) is 5.96 Å². The third-order valence-corrected chi connectivity index (χ3v) is 4.13. The maximum Gasteiger partial charge on any atom is 0.320 e. The molecular formula is C19H37N9O8. The Hall–Kier alpha value is -3.80. The molecule has 1 aliphatic rings. The van der Waals surface area contributed by atoms with E-state index in [0.29, 0.717) is 19.4 Å². The van der Waals surface area contributed by atoms with Crippen LogP contribution in [0.25, 0.3) is 0 Å². The summed E-state index contributed by atoms with van der Waals surface area (Å²) in [4.78, 5) is 50.0.